The van der Waals surface area contributed by atoms with Crippen LogP contribution in [0.5, 0.6) is 0 Å². The topological polar surface area (TPSA) is 37.3 Å². The van der Waals surface area contributed by atoms with Crippen LogP contribution in [0.2, 0.25) is 0 Å². The maximum Gasteiger partial charge on any atom is 0.338 e. The lowest BCUT2D eigenvalue weighted by molar-refractivity contribution is -0.130. The van der Waals surface area contributed by atoms with Crippen molar-refractivity contribution in [2.75, 3.05) is 0 Å². The lowest BCUT2D eigenvalue weighted by Gasteiger charge is -2.09. The highest BCUT2D eigenvalue weighted by Crippen LogP contribution is 2.39. The number of carbonyl (C=O) groups is 1. The second-order valence-electron chi connectivity index (χ2n) is 2.66. The van der Waals surface area contributed by atoms with E-state index in [2.05, 4.69) is 79.6 Å². The number of halogens is 5. The highest BCUT2D eigenvalue weighted by molar-refractivity contribution is 9.28. The molecule has 0 aliphatic carbocycles. The maximum atomic E-state index is 11.1. The van der Waals surface area contributed by atoms with Gasteiger partial charge in [0, 0.05) is 19.0 Å². The van der Waals surface area contributed by atoms with Crippen LogP contribution in [0.15, 0.2) is 28.9 Å². The van der Waals surface area contributed by atoms with Gasteiger partial charge in [-0.25, -0.2) is 4.79 Å². The van der Waals surface area contributed by atoms with Crippen LogP contribution in [-0.2, 0) is 4.79 Å². The predicted octanol–water partition coefficient (Wildman–Crippen LogP) is 5.52. The Morgan fingerprint density at radius 3 is 2.06 bits per heavy atom. The monoisotopic (exact) mass is 538 g/mol. The summed E-state index contributed by atoms with van der Waals surface area (Å²) >= 11 is 16.3. The van der Waals surface area contributed by atoms with Crippen LogP contribution in [0, 0.1) is 0 Å². The molecule has 0 aromatic heterocycles. The molecule has 0 spiro atoms. The summed E-state index contributed by atoms with van der Waals surface area (Å²) in [7, 11) is 0. The first kappa shape index (κ1) is 14.9. The van der Waals surface area contributed by atoms with E-state index in [1.807, 2.05) is 0 Å². The van der Waals surface area contributed by atoms with Crippen LogP contribution >= 0.6 is 79.6 Å². The van der Waals surface area contributed by atoms with Crippen molar-refractivity contribution in [3.8, 4) is 0 Å². The van der Waals surface area contributed by atoms with Crippen molar-refractivity contribution in [1.82, 2.24) is 0 Å². The van der Waals surface area contributed by atoms with Crippen LogP contribution in [-0.4, -0.2) is 11.1 Å². The summed E-state index contributed by atoms with van der Waals surface area (Å²) in [6.45, 7) is 0. The Balaban J connectivity index is 3.51. The third-order valence-corrected chi connectivity index (χ3v) is 5.87. The zero-order valence-electron chi connectivity index (χ0n) is 7.40. The average molecular weight is 543 g/mol. The zero-order valence-corrected chi connectivity index (χ0v) is 15.3. The molecule has 0 unspecified atom stereocenters. The predicted molar refractivity (Wildman–Crippen MR) is 82.0 cm³/mol. The van der Waals surface area contributed by atoms with Gasteiger partial charge in [-0.2, -0.15) is 0 Å². The quantitative estimate of drug-likeness (QED) is 0.395. The first-order valence-electron chi connectivity index (χ1n) is 3.78. The molecule has 86 valence electrons. The van der Waals surface area contributed by atoms with Crippen molar-refractivity contribution in [2.45, 2.75) is 0 Å². The fourth-order valence-electron chi connectivity index (χ4n) is 1.02. The van der Waals surface area contributed by atoms with E-state index in [1.165, 1.54) is 0 Å². The molecule has 1 aromatic carbocycles. The van der Waals surface area contributed by atoms with Gasteiger partial charge in [-0.3, -0.25) is 0 Å². The molecule has 0 aliphatic heterocycles. The van der Waals surface area contributed by atoms with E-state index in [0.717, 1.165) is 8.95 Å². The van der Waals surface area contributed by atoms with E-state index in [0.29, 0.717) is 13.4 Å². The lowest BCUT2D eigenvalue weighted by atomic mass is 10.1. The van der Waals surface area contributed by atoms with E-state index in [4.69, 9.17) is 5.11 Å². The molecule has 16 heavy (non-hydrogen) atoms. The van der Waals surface area contributed by atoms with Crippen molar-refractivity contribution in [3.05, 3.63) is 34.5 Å². The maximum absolute atomic E-state index is 11.1. The Hall–Kier alpha value is 0.830. The number of rotatable bonds is 2. The summed E-state index contributed by atoms with van der Waals surface area (Å²) in [5, 5.41) is 9.12. The SMILES string of the molecule is O=C(O)C(=C(Br)Br)c1ccc(Br)c(Br)c1Br. The number of hydrogen-bond acceptors (Lipinski definition) is 1. The molecule has 1 aromatic rings. The number of carboxylic acids is 1. The molecule has 0 bridgehead atoms. The summed E-state index contributed by atoms with van der Waals surface area (Å²) in [6.07, 6.45) is 0. The molecule has 0 fully saturated rings. The molecule has 0 saturated heterocycles. The van der Waals surface area contributed by atoms with E-state index in [1.54, 1.807) is 12.1 Å². The Morgan fingerprint density at radius 2 is 1.62 bits per heavy atom. The number of aliphatic carboxylic acids is 1. The normalized spacial score (nSPS) is 10.1. The molecule has 0 aliphatic rings. The molecule has 0 heterocycles. The van der Waals surface area contributed by atoms with Gasteiger partial charge in [0.05, 0.1) is 8.96 Å². The smallest absolute Gasteiger partial charge is 0.338 e. The van der Waals surface area contributed by atoms with Gasteiger partial charge < -0.3 is 5.11 Å². The van der Waals surface area contributed by atoms with Crippen LogP contribution in [0.25, 0.3) is 5.57 Å². The molecule has 0 atom stereocenters. The molecular weight excluding hydrogens is 540 g/mol. The van der Waals surface area contributed by atoms with E-state index in [9.17, 15) is 4.79 Å². The molecule has 0 radical (unpaired) electrons. The minimum absolute atomic E-state index is 0.153. The van der Waals surface area contributed by atoms with Gasteiger partial charge >= 0.3 is 5.97 Å². The van der Waals surface area contributed by atoms with E-state index < -0.39 is 5.97 Å². The van der Waals surface area contributed by atoms with Gasteiger partial charge in [0.2, 0.25) is 0 Å². The Labute approximate surface area is 134 Å². The molecule has 1 rings (SSSR count). The van der Waals surface area contributed by atoms with Gasteiger partial charge in [-0.15, -0.1) is 0 Å². The van der Waals surface area contributed by atoms with Crippen molar-refractivity contribution >= 4 is 91.2 Å². The third-order valence-electron chi connectivity index (χ3n) is 1.71. The Morgan fingerprint density at radius 1 is 1.06 bits per heavy atom. The Bertz CT molecular complexity index is 477. The van der Waals surface area contributed by atoms with Crippen molar-refractivity contribution in [1.29, 1.82) is 0 Å². The molecule has 1 N–H and O–H groups in total. The molecule has 0 amide bonds. The summed E-state index contributed by atoms with van der Waals surface area (Å²) in [5.41, 5.74) is 0.728. The standard InChI is InChI=1S/C9H3Br5O2/c10-4-2-1-3(6(11)7(4)12)5(8(13)14)9(15)16/h1-2H,(H,15,16). The lowest BCUT2D eigenvalue weighted by Crippen LogP contribution is -2.01. The second-order valence-corrected chi connectivity index (χ2v) is 7.75. The first-order chi connectivity index (χ1) is 7.36. The van der Waals surface area contributed by atoms with Gasteiger partial charge in [-0.1, -0.05) is 6.07 Å². The average Bonchev–Trinajstić information content (AvgIpc) is 2.17. The highest BCUT2D eigenvalue weighted by Gasteiger charge is 2.19. The van der Waals surface area contributed by atoms with E-state index in [-0.39, 0.29) is 5.57 Å². The number of carboxylic acid groups (broad SMARTS) is 1. The van der Waals surface area contributed by atoms with Crippen LogP contribution in [0.1, 0.15) is 5.56 Å². The third kappa shape index (κ3) is 3.19. The van der Waals surface area contributed by atoms with Gasteiger partial charge in [-0.05, 0) is 85.7 Å². The zero-order chi connectivity index (χ0) is 12.5. The van der Waals surface area contributed by atoms with Gasteiger partial charge in [0.1, 0.15) is 0 Å². The van der Waals surface area contributed by atoms with E-state index >= 15 is 0 Å². The molecule has 7 heteroatoms. The van der Waals surface area contributed by atoms with Crippen LogP contribution in [0.3, 0.4) is 0 Å². The summed E-state index contributed by atoms with van der Waals surface area (Å²) in [5.74, 6) is -1.02. The minimum Gasteiger partial charge on any atom is -0.478 e. The summed E-state index contributed by atoms with van der Waals surface area (Å²) < 4.78 is 2.68. The van der Waals surface area contributed by atoms with Crippen LogP contribution < -0.4 is 0 Å². The fourth-order valence-corrected chi connectivity index (χ4v) is 3.27. The van der Waals surface area contributed by atoms with Crippen LogP contribution in [0.4, 0.5) is 0 Å². The largest absolute Gasteiger partial charge is 0.478 e. The minimum atomic E-state index is -1.02. The molecular formula is C9H3Br5O2. The fraction of sp³-hybridized carbons (Fsp3) is 0. The van der Waals surface area contributed by atoms with Crippen molar-refractivity contribution in [3.63, 3.8) is 0 Å². The first-order valence-corrected chi connectivity index (χ1v) is 7.75. The highest BCUT2D eigenvalue weighted by atomic mass is 79.9. The number of hydrogen-bond donors (Lipinski definition) is 1. The Kier molecular flexibility index (Phi) is 5.71. The summed E-state index contributed by atoms with van der Waals surface area (Å²) in [6, 6.07) is 3.49. The van der Waals surface area contributed by atoms with Crippen molar-refractivity contribution < 1.29 is 9.90 Å². The molecule has 0 saturated carbocycles. The number of benzene rings is 1. The van der Waals surface area contributed by atoms with Crippen molar-refractivity contribution in [2.24, 2.45) is 0 Å². The molecule has 2 nitrogen and oxygen atoms in total. The summed E-state index contributed by atoms with van der Waals surface area (Å²) in [4.78, 5) is 11.1. The van der Waals surface area contributed by atoms with Gasteiger partial charge in [0.25, 0.3) is 0 Å². The second kappa shape index (κ2) is 6.13. The van der Waals surface area contributed by atoms with Gasteiger partial charge in [0.15, 0.2) is 0 Å².